The van der Waals surface area contributed by atoms with Crippen molar-refractivity contribution >= 4 is 30.9 Å². The van der Waals surface area contributed by atoms with Crippen LogP contribution < -0.4 is 21.7 Å². The first-order chi connectivity index (χ1) is 16.8. The van der Waals surface area contributed by atoms with E-state index in [9.17, 15) is 23.8 Å². The number of hydrogen-bond donors (Lipinski definition) is 6. The van der Waals surface area contributed by atoms with Gasteiger partial charge in [-0.15, -0.1) is 0 Å². The van der Waals surface area contributed by atoms with Crippen LogP contribution in [-0.4, -0.2) is 64.7 Å². The second kappa shape index (κ2) is 12.8. The van der Waals surface area contributed by atoms with Gasteiger partial charge in [-0.2, -0.15) is 0 Å². The second-order valence-electron chi connectivity index (χ2n) is 9.89. The number of nitrogens with two attached hydrogens (primary N) is 1. The van der Waals surface area contributed by atoms with E-state index in [0.29, 0.717) is 6.54 Å². The first-order valence-corrected chi connectivity index (χ1v) is 13.7. The van der Waals surface area contributed by atoms with Crippen LogP contribution in [0, 0.1) is 11.8 Å². The zero-order valence-corrected chi connectivity index (χ0v) is 22.3. The lowest BCUT2D eigenvalue weighted by atomic mass is 9.94. The van der Waals surface area contributed by atoms with E-state index in [1.807, 2.05) is 24.3 Å². The van der Waals surface area contributed by atoms with E-state index >= 15 is 0 Å². The Morgan fingerprint density at radius 3 is 2.33 bits per heavy atom. The van der Waals surface area contributed by atoms with Crippen molar-refractivity contribution in [1.82, 2.24) is 10.6 Å². The van der Waals surface area contributed by atoms with Crippen LogP contribution in [-0.2, 0) is 23.5 Å². The summed E-state index contributed by atoms with van der Waals surface area (Å²) >= 11 is 0. The molecular formula is C24H39N4O7P. The van der Waals surface area contributed by atoms with Crippen LogP contribution in [0.3, 0.4) is 0 Å². The van der Waals surface area contributed by atoms with Crippen molar-refractivity contribution in [1.29, 1.82) is 0 Å². The molecule has 1 heterocycles. The molecule has 0 aliphatic carbocycles. The van der Waals surface area contributed by atoms with Gasteiger partial charge < -0.3 is 31.7 Å². The summed E-state index contributed by atoms with van der Waals surface area (Å²) in [4.78, 5) is 48.5. The van der Waals surface area contributed by atoms with E-state index in [0.717, 1.165) is 11.3 Å². The lowest BCUT2D eigenvalue weighted by Crippen LogP contribution is -2.56. The molecule has 12 heteroatoms. The number of Topliss-reactive ketones (excluding diaryl/α,β-unsaturated/α-hetero) is 1. The van der Waals surface area contributed by atoms with Gasteiger partial charge in [-0.3, -0.25) is 23.5 Å². The lowest BCUT2D eigenvalue weighted by Gasteiger charge is -2.32. The molecule has 7 N–H and O–H groups in total. The first kappa shape index (κ1) is 29.9. The Labute approximate surface area is 212 Å². The van der Waals surface area contributed by atoms with Gasteiger partial charge in [0.25, 0.3) is 0 Å². The highest BCUT2D eigenvalue weighted by Gasteiger charge is 2.42. The number of para-hydroxylation sites is 1. The molecule has 1 aliphatic rings. The van der Waals surface area contributed by atoms with Crippen LogP contribution in [0.5, 0.6) is 0 Å². The lowest BCUT2D eigenvalue weighted by molar-refractivity contribution is -0.131. The molecule has 11 nitrogen and oxygen atoms in total. The summed E-state index contributed by atoms with van der Waals surface area (Å²) in [6.07, 6.45) is -0.952. The van der Waals surface area contributed by atoms with Crippen LogP contribution in [0.25, 0.3) is 0 Å². The van der Waals surface area contributed by atoms with E-state index in [4.69, 9.17) is 15.4 Å². The molecular weight excluding hydrogens is 487 g/mol. The number of hydrogen-bond acceptors (Lipinski definition) is 8. The van der Waals surface area contributed by atoms with Crippen molar-refractivity contribution in [3.8, 4) is 0 Å². The fourth-order valence-electron chi connectivity index (χ4n) is 4.10. The number of benzene rings is 1. The third-order valence-electron chi connectivity index (χ3n) is 6.22. The molecule has 0 saturated heterocycles. The van der Waals surface area contributed by atoms with Gasteiger partial charge in [0.1, 0.15) is 24.0 Å². The third-order valence-corrected chi connectivity index (χ3v) is 8.21. The molecule has 1 aromatic carbocycles. The number of amides is 2. The molecule has 36 heavy (non-hydrogen) atoms. The Morgan fingerprint density at radius 2 is 1.78 bits per heavy atom. The highest BCUT2D eigenvalue weighted by Crippen LogP contribution is 2.51. The molecule has 0 bridgehead atoms. The molecule has 6 atom stereocenters. The maximum absolute atomic E-state index is 13.4. The van der Waals surface area contributed by atoms with Crippen molar-refractivity contribution in [2.45, 2.75) is 70.9 Å². The smallest absolute Gasteiger partial charge is 0.351 e. The number of aliphatic hydroxyl groups is 1. The fraction of sp³-hybridized carbons (Fsp3) is 0.625. The Kier molecular flexibility index (Phi) is 10.6. The Balaban J connectivity index is 2.18. The average Bonchev–Trinajstić information content (AvgIpc) is 3.21. The van der Waals surface area contributed by atoms with Crippen LogP contribution in [0.15, 0.2) is 24.3 Å². The summed E-state index contributed by atoms with van der Waals surface area (Å²) in [5.41, 5.74) is 7.49. The number of rotatable bonds is 13. The van der Waals surface area contributed by atoms with Gasteiger partial charge in [-0.25, -0.2) is 0 Å². The summed E-state index contributed by atoms with van der Waals surface area (Å²) in [6, 6.07) is 5.38. The minimum atomic E-state index is -4.54. The largest absolute Gasteiger partial charge is 0.394 e. The SMILES string of the molecule is CC(=O)C(CC1CNc2ccccc21)OP(=O)(O)C(NC(=O)C(NC(=O)C(N)CO)C(C)C)C(C)C. The van der Waals surface area contributed by atoms with Gasteiger partial charge in [0.15, 0.2) is 5.78 Å². The number of carbonyl (C=O) groups excluding carboxylic acids is 3. The normalized spacial score (nSPS) is 20.0. The second-order valence-corrected chi connectivity index (χ2v) is 11.8. The molecule has 0 spiro atoms. The molecule has 1 aliphatic heterocycles. The van der Waals surface area contributed by atoms with E-state index < -0.39 is 61.7 Å². The van der Waals surface area contributed by atoms with E-state index in [-0.39, 0.29) is 18.3 Å². The van der Waals surface area contributed by atoms with E-state index in [1.54, 1.807) is 27.7 Å². The van der Waals surface area contributed by atoms with Crippen molar-refractivity contribution in [2.24, 2.45) is 17.6 Å². The summed E-state index contributed by atoms with van der Waals surface area (Å²) in [5.74, 6) is -4.15. The quantitative estimate of drug-likeness (QED) is 0.207. The van der Waals surface area contributed by atoms with Crippen molar-refractivity contribution in [3.05, 3.63) is 29.8 Å². The van der Waals surface area contributed by atoms with Crippen LogP contribution in [0.1, 0.15) is 52.5 Å². The van der Waals surface area contributed by atoms with Crippen molar-refractivity contribution in [3.63, 3.8) is 0 Å². The molecule has 2 amide bonds. The molecule has 1 aromatic rings. The van der Waals surface area contributed by atoms with Gasteiger partial charge in [-0.05, 0) is 36.8 Å². The van der Waals surface area contributed by atoms with Crippen molar-refractivity contribution < 1.29 is 33.5 Å². The minimum absolute atomic E-state index is 0.0848. The highest BCUT2D eigenvalue weighted by atomic mass is 31.2. The molecule has 0 saturated carbocycles. The molecule has 6 unspecified atom stereocenters. The number of fused-ring (bicyclic) bond motifs is 1. The number of nitrogens with one attached hydrogen (secondary N) is 3. The standard InChI is InChI=1S/C24H39N4O7P/c1-13(2)21(27-22(31)18(25)12-29)23(32)28-24(14(3)4)36(33,34)35-20(15(5)30)10-16-11-26-19-9-7-6-8-17(16)19/h6-9,13-14,16,18,20-21,24,26,29H,10-12,25H2,1-5H3,(H,27,31)(H,28,32)(H,33,34). The Morgan fingerprint density at radius 1 is 1.14 bits per heavy atom. The fourth-order valence-corrected chi connectivity index (χ4v) is 5.87. The highest BCUT2D eigenvalue weighted by molar-refractivity contribution is 7.53. The summed E-state index contributed by atoms with van der Waals surface area (Å²) in [7, 11) is -4.54. The third kappa shape index (κ3) is 7.60. The van der Waals surface area contributed by atoms with Crippen molar-refractivity contribution in [2.75, 3.05) is 18.5 Å². The Bertz CT molecular complexity index is 987. The zero-order chi connectivity index (χ0) is 27.2. The molecule has 0 fully saturated rings. The van der Waals surface area contributed by atoms with Gasteiger partial charge >= 0.3 is 7.60 Å². The first-order valence-electron chi connectivity index (χ1n) is 12.1. The summed E-state index contributed by atoms with van der Waals surface area (Å²) < 4.78 is 19.0. The van der Waals surface area contributed by atoms with Crippen LogP contribution >= 0.6 is 7.60 Å². The van der Waals surface area contributed by atoms with E-state index in [1.165, 1.54) is 6.92 Å². The molecule has 0 aromatic heterocycles. The average molecular weight is 527 g/mol. The topological polar surface area (TPSA) is 180 Å². The molecule has 0 radical (unpaired) electrons. The number of ketones is 1. The maximum Gasteiger partial charge on any atom is 0.351 e. The molecule has 202 valence electrons. The van der Waals surface area contributed by atoms with Gasteiger partial charge in [-0.1, -0.05) is 45.9 Å². The van der Waals surface area contributed by atoms with E-state index in [2.05, 4.69) is 16.0 Å². The zero-order valence-electron chi connectivity index (χ0n) is 21.4. The predicted octanol–water partition coefficient (Wildman–Crippen LogP) is 1.30. The van der Waals surface area contributed by atoms with Gasteiger partial charge in [0.2, 0.25) is 11.8 Å². The number of anilines is 1. The van der Waals surface area contributed by atoms with Gasteiger partial charge in [0, 0.05) is 18.2 Å². The van der Waals surface area contributed by atoms with Crippen LogP contribution in [0.4, 0.5) is 5.69 Å². The number of carbonyl (C=O) groups is 3. The summed E-state index contributed by atoms with van der Waals surface area (Å²) in [5, 5.41) is 17.4. The maximum atomic E-state index is 13.4. The minimum Gasteiger partial charge on any atom is -0.394 e. The predicted molar refractivity (Wildman–Crippen MR) is 136 cm³/mol. The van der Waals surface area contributed by atoms with Crippen LogP contribution in [0.2, 0.25) is 0 Å². The monoisotopic (exact) mass is 526 g/mol. The number of aliphatic hydroxyl groups excluding tert-OH is 1. The summed E-state index contributed by atoms with van der Waals surface area (Å²) in [6.45, 7) is 7.93. The molecule has 2 rings (SSSR count). The Hall–Kier alpha value is -2.30. The van der Waals surface area contributed by atoms with Gasteiger partial charge in [0.05, 0.1) is 6.61 Å².